The van der Waals surface area contributed by atoms with Crippen LogP contribution in [0.2, 0.25) is 0 Å². The van der Waals surface area contributed by atoms with Crippen molar-refractivity contribution in [2.24, 2.45) is 0 Å². The molecule has 3 heterocycles. The molecule has 0 aliphatic carbocycles. The molecule has 1 aliphatic heterocycles. The van der Waals surface area contributed by atoms with Crippen LogP contribution in [0.5, 0.6) is 0 Å². The predicted molar refractivity (Wildman–Crippen MR) is 83.4 cm³/mol. The number of nitrogens with zero attached hydrogens (tertiary/aromatic N) is 3. The van der Waals surface area contributed by atoms with Crippen molar-refractivity contribution in [2.45, 2.75) is 33.7 Å². The summed E-state index contributed by atoms with van der Waals surface area (Å²) in [6.45, 7) is 10.3. The van der Waals surface area contributed by atoms with Gasteiger partial charge in [-0.25, -0.2) is 0 Å². The third-order valence-electron chi connectivity index (χ3n) is 4.27. The number of aromatic nitrogens is 2. The van der Waals surface area contributed by atoms with Crippen LogP contribution in [0.4, 0.5) is 0 Å². The predicted octanol–water partition coefficient (Wildman–Crippen LogP) is 1.82. The second kappa shape index (κ2) is 5.61. The summed E-state index contributed by atoms with van der Waals surface area (Å²) in [5.74, 6) is 1.57. The van der Waals surface area contributed by atoms with Crippen LogP contribution in [0.1, 0.15) is 34.4 Å². The van der Waals surface area contributed by atoms with Crippen molar-refractivity contribution >= 4 is 5.91 Å². The quantitative estimate of drug-likeness (QED) is 0.919. The SMILES string of the molecule is Cc1cc(-n2c(C)cc(C(=O)N3CCNC[C@@H]3C)c2C)no1. The molecule has 0 aromatic carbocycles. The second-order valence-electron chi connectivity index (χ2n) is 5.97. The van der Waals surface area contributed by atoms with Crippen LogP contribution in [0.15, 0.2) is 16.7 Å². The number of nitrogens with one attached hydrogen (secondary N) is 1. The Kier molecular flexibility index (Phi) is 3.78. The van der Waals surface area contributed by atoms with Crippen molar-refractivity contribution in [3.8, 4) is 5.82 Å². The van der Waals surface area contributed by atoms with Crippen molar-refractivity contribution in [1.29, 1.82) is 0 Å². The maximum Gasteiger partial charge on any atom is 0.256 e. The molecule has 0 bridgehead atoms. The molecule has 22 heavy (non-hydrogen) atoms. The van der Waals surface area contributed by atoms with E-state index < -0.39 is 0 Å². The highest BCUT2D eigenvalue weighted by Crippen LogP contribution is 2.22. The van der Waals surface area contributed by atoms with Crippen LogP contribution in [0.25, 0.3) is 5.82 Å². The number of hydrogen-bond acceptors (Lipinski definition) is 4. The van der Waals surface area contributed by atoms with Gasteiger partial charge in [0.15, 0.2) is 5.82 Å². The van der Waals surface area contributed by atoms with E-state index in [2.05, 4.69) is 17.4 Å². The van der Waals surface area contributed by atoms with Crippen LogP contribution in [0, 0.1) is 20.8 Å². The van der Waals surface area contributed by atoms with Crippen LogP contribution in [-0.4, -0.2) is 46.2 Å². The molecule has 0 radical (unpaired) electrons. The van der Waals surface area contributed by atoms with E-state index in [9.17, 15) is 4.79 Å². The minimum atomic E-state index is 0.0913. The highest BCUT2D eigenvalue weighted by atomic mass is 16.5. The maximum atomic E-state index is 12.9. The van der Waals surface area contributed by atoms with Crippen molar-refractivity contribution in [2.75, 3.05) is 19.6 Å². The van der Waals surface area contributed by atoms with Crippen molar-refractivity contribution in [1.82, 2.24) is 19.9 Å². The summed E-state index contributed by atoms with van der Waals surface area (Å²) in [5, 5.41) is 7.37. The molecule has 1 atom stereocenters. The van der Waals surface area contributed by atoms with Crippen LogP contribution in [0.3, 0.4) is 0 Å². The van der Waals surface area contributed by atoms with Gasteiger partial charge < -0.3 is 14.7 Å². The molecule has 0 spiro atoms. The van der Waals surface area contributed by atoms with E-state index >= 15 is 0 Å². The number of hydrogen-bond donors (Lipinski definition) is 1. The molecular weight excluding hydrogens is 280 g/mol. The highest BCUT2D eigenvalue weighted by molar-refractivity contribution is 5.96. The second-order valence-corrected chi connectivity index (χ2v) is 5.97. The Morgan fingerprint density at radius 2 is 2.14 bits per heavy atom. The molecule has 118 valence electrons. The number of carbonyl (C=O) groups is 1. The Hall–Kier alpha value is -2.08. The van der Waals surface area contributed by atoms with Crippen LogP contribution >= 0.6 is 0 Å². The van der Waals surface area contributed by atoms with E-state index in [0.29, 0.717) is 0 Å². The van der Waals surface area contributed by atoms with Gasteiger partial charge in [0.2, 0.25) is 0 Å². The Bertz CT molecular complexity index is 701. The average molecular weight is 302 g/mol. The van der Waals surface area contributed by atoms with E-state index in [-0.39, 0.29) is 11.9 Å². The van der Waals surface area contributed by atoms with Crippen LogP contribution in [-0.2, 0) is 0 Å². The molecule has 0 saturated carbocycles. The zero-order valence-corrected chi connectivity index (χ0v) is 13.5. The smallest absolute Gasteiger partial charge is 0.256 e. The van der Waals surface area contributed by atoms with E-state index in [1.165, 1.54) is 0 Å². The molecule has 0 unspecified atom stereocenters. The first-order valence-corrected chi connectivity index (χ1v) is 7.63. The average Bonchev–Trinajstić information content (AvgIpc) is 3.02. The van der Waals surface area contributed by atoms with Gasteiger partial charge >= 0.3 is 0 Å². The van der Waals surface area contributed by atoms with Gasteiger partial charge in [0.1, 0.15) is 5.76 Å². The molecule has 1 saturated heterocycles. The molecule has 3 rings (SSSR count). The molecule has 1 aliphatic rings. The van der Waals surface area contributed by atoms with Gasteiger partial charge in [-0.3, -0.25) is 9.36 Å². The number of aryl methyl sites for hydroxylation is 2. The minimum Gasteiger partial charge on any atom is -0.360 e. The lowest BCUT2D eigenvalue weighted by Gasteiger charge is -2.34. The molecule has 1 amide bonds. The Morgan fingerprint density at radius 3 is 2.77 bits per heavy atom. The third-order valence-corrected chi connectivity index (χ3v) is 4.27. The normalized spacial score (nSPS) is 18.7. The zero-order chi connectivity index (χ0) is 15.9. The Labute approximate surface area is 130 Å². The Morgan fingerprint density at radius 1 is 1.36 bits per heavy atom. The van der Waals surface area contributed by atoms with Crippen molar-refractivity contribution in [3.63, 3.8) is 0 Å². The lowest BCUT2D eigenvalue weighted by Crippen LogP contribution is -2.52. The van der Waals surface area contributed by atoms with E-state index in [0.717, 1.165) is 48.2 Å². The number of carbonyl (C=O) groups excluding carboxylic acids is 1. The molecule has 1 N–H and O–H groups in total. The molecule has 1 fully saturated rings. The zero-order valence-electron chi connectivity index (χ0n) is 13.5. The first-order valence-electron chi connectivity index (χ1n) is 7.63. The van der Waals surface area contributed by atoms with E-state index in [4.69, 9.17) is 4.52 Å². The van der Waals surface area contributed by atoms with Gasteiger partial charge in [-0.1, -0.05) is 5.16 Å². The lowest BCUT2D eigenvalue weighted by atomic mass is 10.1. The van der Waals surface area contributed by atoms with Gasteiger partial charge in [-0.15, -0.1) is 0 Å². The Balaban J connectivity index is 1.97. The summed E-state index contributed by atoms with van der Waals surface area (Å²) in [4.78, 5) is 14.8. The monoisotopic (exact) mass is 302 g/mol. The molecule has 6 nitrogen and oxygen atoms in total. The van der Waals surface area contributed by atoms with Gasteiger partial charge in [-0.2, -0.15) is 0 Å². The van der Waals surface area contributed by atoms with Crippen LogP contribution < -0.4 is 5.32 Å². The highest BCUT2D eigenvalue weighted by Gasteiger charge is 2.27. The van der Waals surface area contributed by atoms with E-state index in [1.54, 1.807) is 0 Å². The van der Waals surface area contributed by atoms with Crippen molar-refractivity contribution in [3.05, 3.63) is 34.8 Å². The van der Waals surface area contributed by atoms with Gasteiger partial charge in [0.05, 0.1) is 5.56 Å². The molecule has 6 heteroatoms. The number of piperazine rings is 1. The summed E-state index contributed by atoms with van der Waals surface area (Å²) in [5.41, 5.74) is 2.63. The number of rotatable bonds is 2. The maximum absolute atomic E-state index is 12.9. The third kappa shape index (κ3) is 2.43. The topological polar surface area (TPSA) is 63.3 Å². The summed E-state index contributed by atoms with van der Waals surface area (Å²) >= 11 is 0. The lowest BCUT2D eigenvalue weighted by molar-refractivity contribution is 0.0655. The first-order chi connectivity index (χ1) is 10.5. The minimum absolute atomic E-state index is 0.0913. The summed E-state index contributed by atoms with van der Waals surface area (Å²) in [7, 11) is 0. The molecule has 2 aromatic rings. The fourth-order valence-corrected chi connectivity index (χ4v) is 3.09. The fraction of sp³-hybridized carbons (Fsp3) is 0.500. The molecule has 2 aromatic heterocycles. The van der Waals surface area contributed by atoms with E-state index in [1.807, 2.05) is 42.4 Å². The van der Waals surface area contributed by atoms with Gasteiger partial charge in [0.25, 0.3) is 5.91 Å². The molecular formula is C16H22N4O2. The van der Waals surface area contributed by atoms with Crippen molar-refractivity contribution < 1.29 is 9.32 Å². The summed E-state index contributed by atoms with van der Waals surface area (Å²) in [6, 6.07) is 4.02. The summed E-state index contributed by atoms with van der Waals surface area (Å²) < 4.78 is 7.13. The largest absolute Gasteiger partial charge is 0.360 e. The van der Waals surface area contributed by atoms with Gasteiger partial charge in [0, 0.05) is 43.1 Å². The fourth-order valence-electron chi connectivity index (χ4n) is 3.09. The number of amides is 1. The first kappa shape index (κ1) is 14.8. The standard InChI is InChI=1S/C16H22N4O2/c1-10-7-14(16(21)19-6-5-17-9-11(19)2)13(4)20(10)15-8-12(3)22-18-15/h7-8,11,17H,5-6,9H2,1-4H3/t11-/m0/s1. The summed E-state index contributed by atoms with van der Waals surface area (Å²) in [6.07, 6.45) is 0. The van der Waals surface area contributed by atoms with Gasteiger partial charge in [-0.05, 0) is 33.8 Å².